The van der Waals surface area contributed by atoms with Crippen molar-refractivity contribution in [2.24, 2.45) is 11.8 Å². The van der Waals surface area contributed by atoms with Gasteiger partial charge in [-0.2, -0.15) is 0 Å². The SMILES string of the molecule is C[C@@H]1C[C@@H]1C(=O)Nc1ccc(C(C)(C)C(=O)O)cc1. The Morgan fingerprint density at radius 3 is 2.21 bits per heavy atom. The van der Waals surface area contributed by atoms with E-state index in [0.29, 0.717) is 11.6 Å². The molecule has 1 aromatic carbocycles. The number of anilines is 1. The van der Waals surface area contributed by atoms with Crippen LogP contribution in [0, 0.1) is 11.8 Å². The molecule has 0 saturated heterocycles. The van der Waals surface area contributed by atoms with Crippen molar-refractivity contribution in [2.45, 2.75) is 32.6 Å². The van der Waals surface area contributed by atoms with Gasteiger partial charge in [0.25, 0.3) is 0 Å². The summed E-state index contributed by atoms with van der Waals surface area (Å²) in [5.74, 6) is -0.200. The highest BCUT2D eigenvalue weighted by molar-refractivity contribution is 5.94. The van der Waals surface area contributed by atoms with E-state index in [9.17, 15) is 9.59 Å². The van der Waals surface area contributed by atoms with E-state index in [1.54, 1.807) is 38.1 Å². The molecule has 0 unspecified atom stereocenters. The lowest BCUT2D eigenvalue weighted by Crippen LogP contribution is -2.28. The number of carbonyl (C=O) groups excluding carboxylic acids is 1. The monoisotopic (exact) mass is 261 g/mol. The Morgan fingerprint density at radius 1 is 1.26 bits per heavy atom. The number of carbonyl (C=O) groups is 2. The molecular formula is C15H19NO3. The van der Waals surface area contributed by atoms with Gasteiger partial charge < -0.3 is 10.4 Å². The maximum Gasteiger partial charge on any atom is 0.313 e. The van der Waals surface area contributed by atoms with Gasteiger partial charge in [0.1, 0.15) is 0 Å². The van der Waals surface area contributed by atoms with Crippen molar-refractivity contribution in [1.82, 2.24) is 0 Å². The Labute approximate surface area is 112 Å². The summed E-state index contributed by atoms with van der Waals surface area (Å²) in [4.78, 5) is 22.9. The fourth-order valence-corrected chi connectivity index (χ4v) is 2.02. The van der Waals surface area contributed by atoms with Gasteiger partial charge in [-0.25, -0.2) is 0 Å². The largest absolute Gasteiger partial charge is 0.481 e. The van der Waals surface area contributed by atoms with Gasteiger partial charge in [0.15, 0.2) is 0 Å². The first-order valence-corrected chi connectivity index (χ1v) is 6.47. The van der Waals surface area contributed by atoms with Crippen LogP contribution in [-0.2, 0) is 15.0 Å². The van der Waals surface area contributed by atoms with Crippen LogP contribution in [0.5, 0.6) is 0 Å². The van der Waals surface area contributed by atoms with Crippen LogP contribution in [0.15, 0.2) is 24.3 Å². The van der Waals surface area contributed by atoms with Crippen molar-refractivity contribution >= 4 is 17.6 Å². The summed E-state index contributed by atoms with van der Waals surface area (Å²) >= 11 is 0. The second kappa shape index (κ2) is 4.68. The first kappa shape index (κ1) is 13.6. The molecule has 19 heavy (non-hydrogen) atoms. The Balaban J connectivity index is 2.06. The molecule has 0 radical (unpaired) electrons. The summed E-state index contributed by atoms with van der Waals surface area (Å²) in [5, 5.41) is 12.0. The fourth-order valence-electron chi connectivity index (χ4n) is 2.02. The van der Waals surface area contributed by atoms with E-state index in [1.165, 1.54) is 0 Å². The van der Waals surface area contributed by atoms with Crippen molar-refractivity contribution in [3.8, 4) is 0 Å². The minimum absolute atomic E-state index is 0.0535. The number of nitrogens with one attached hydrogen (secondary N) is 1. The van der Waals surface area contributed by atoms with Gasteiger partial charge in [0.2, 0.25) is 5.91 Å². The van der Waals surface area contributed by atoms with Gasteiger partial charge in [-0.15, -0.1) is 0 Å². The van der Waals surface area contributed by atoms with Crippen LogP contribution in [0.25, 0.3) is 0 Å². The molecule has 0 aliphatic heterocycles. The van der Waals surface area contributed by atoms with Crippen molar-refractivity contribution in [2.75, 3.05) is 5.32 Å². The van der Waals surface area contributed by atoms with Gasteiger partial charge >= 0.3 is 5.97 Å². The number of rotatable bonds is 4. The summed E-state index contributed by atoms with van der Waals surface area (Å²) in [6.07, 6.45) is 0.954. The highest BCUT2D eigenvalue weighted by atomic mass is 16.4. The second-order valence-corrected chi connectivity index (χ2v) is 5.82. The number of aliphatic carboxylic acids is 1. The Bertz CT molecular complexity index is 505. The number of benzene rings is 1. The highest BCUT2D eigenvalue weighted by Gasteiger charge is 2.39. The summed E-state index contributed by atoms with van der Waals surface area (Å²) in [6, 6.07) is 7.01. The summed E-state index contributed by atoms with van der Waals surface area (Å²) in [6.45, 7) is 5.38. The van der Waals surface area contributed by atoms with Crippen LogP contribution in [-0.4, -0.2) is 17.0 Å². The van der Waals surface area contributed by atoms with Gasteiger partial charge in [-0.05, 0) is 43.9 Å². The van der Waals surface area contributed by atoms with E-state index in [-0.39, 0.29) is 11.8 Å². The number of hydrogen-bond acceptors (Lipinski definition) is 2. The summed E-state index contributed by atoms with van der Waals surface area (Å²) in [7, 11) is 0. The molecule has 1 aliphatic carbocycles. The minimum Gasteiger partial charge on any atom is -0.481 e. The number of amides is 1. The van der Waals surface area contributed by atoms with Crippen LogP contribution in [0.3, 0.4) is 0 Å². The Kier molecular flexibility index (Phi) is 3.35. The average molecular weight is 261 g/mol. The highest BCUT2D eigenvalue weighted by Crippen LogP contribution is 2.38. The Morgan fingerprint density at radius 2 is 1.79 bits per heavy atom. The zero-order valence-electron chi connectivity index (χ0n) is 11.4. The predicted octanol–water partition coefficient (Wildman–Crippen LogP) is 2.64. The van der Waals surface area contributed by atoms with E-state index in [1.807, 2.05) is 0 Å². The zero-order chi connectivity index (χ0) is 14.2. The molecule has 1 aliphatic rings. The lowest BCUT2D eigenvalue weighted by atomic mass is 9.85. The van der Waals surface area contributed by atoms with E-state index < -0.39 is 11.4 Å². The molecule has 1 saturated carbocycles. The van der Waals surface area contributed by atoms with Crippen molar-refractivity contribution in [3.05, 3.63) is 29.8 Å². The third kappa shape index (κ3) is 2.78. The molecule has 0 heterocycles. The lowest BCUT2D eigenvalue weighted by Gasteiger charge is -2.19. The van der Waals surface area contributed by atoms with E-state index in [2.05, 4.69) is 12.2 Å². The predicted molar refractivity (Wildman–Crippen MR) is 73.0 cm³/mol. The fraction of sp³-hybridized carbons (Fsp3) is 0.467. The summed E-state index contributed by atoms with van der Waals surface area (Å²) in [5.41, 5.74) is 0.514. The van der Waals surface area contributed by atoms with Crippen LogP contribution in [0.2, 0.25) is 0 Å². The molecule has 1 amide bonds. The molecule has 0 bridgehead atoms. The van der Waals surface area contributed by atoms with Gasteiger partial charge in [0, 0.05) is 11.6 Å². The van der Waals surface area contributed by atoms with Crippen LogP contribution in [0.4, 0.5) is 5.69 Å². The number of carboxylic acids is 1. The molecule has 2 atom stereocenters. The molecule has 2 rings (SSSR count). The maximum absolute atomic E-state index is 11.8. The zero-order valence-corrected chi connectivity index (χ0v) is 11.4. The standard InChI is InChI=1S/C15H19NO3/c1-9-8-12(9)13(17)16-11-6-4-10(5-7-11)15(2,3)14(18)19/h4-7,9,12H,8H2,1-3H3,(H,16,17)(H,18,19)/t9-,12+/m1/s1. The van der Waals surface area contributed by atoms with E-state index >= 15 is 0 Å². The third-order valence-electron chi connectivity index (χ3n) is 3.86. The molecular weight excluding hydrogens is 242 g/mol. The van der Waals surface area contributed by atoms with Gasteiger partial charge in [-0.1, -0.05) is 19.1 Å². The minimum atomic E-state index is -0.923. The maximum atomic E-state index is 11.8. The summed E-state index contributed by atoms with van der Waals surface area (Å²) < 4.78 is 0. The molecule has 0 spiro atoms. The molecule has 1 aromatic rings. The third-order valence-corrected chi connectivity index (χ3v) is 3.86. The second-order valence-electron chi connectivity index (χ2n) is 5.82. The van der Waals surface area contributed by atoms with Crippen molar-refractivity contribution in [1.29, 1.82) is 0 Å². The Hall–Kier alpha value is -1.84. The van der Waals surface area contributed by atoms with Crippen molar-refractivity contribution < 1.29 is 14.7 Å². The lowest BCUT2D eigenvalue weighted by molar-refractivity contribution is -0.142. The number of hydrogen-bond donors (Lipinski definition) is 2. The quantitative estimate of drug-likeness (QED) is 0.875. The van der Waals surface area contributed by atoms with Crippen LogP contribution in [0.1, 0.15) is 32.8 Å². The van der Waals surface area contributed by atoms with Crippen LogP contribution >= 0.6 is 0 Å². The molecule has 4 nitrogen and oxygen atoms in total. The smallest absolute Gasteiger partial charge is 0.313 e. The van der Waals surface area contributed by atoms with Crippen molar-refractivity contribution in [3.63, 3.8) is 0 Å². The molecule has 1 fully saturated rings. The average Bonchev–Trinajstić information content (AvgIpc) is 3.07. The topological polar surface area (TPSA) is 66.4 Å². The molecule has 102 valence electrons. The first-order valence-electron chi connectivity index (χ1n) is 6.47. The van der Waals surface area contributed by atoms with Crippen LogP contribution < -0.4 is 5.32 Å². The molecule has 4 heteroatoms. The van der Waals surface area contributed by atoms with E-state index in [0.717, 1.165) is 12.0 Å². The number of carboxylic acid groups (broad SMARTS) is 1. The first-order chi connectivity index (χ1) is 8.82. The van der Waals surface area contributed by atoms with Gasteiger partial charge in [-0.3, -0.25) is 9.59 Å². The normalized spacial score (nSPS) is 21.8. The van der Waals surface area contributed by atoms with E-state index in [4.69, 9.17) is 5.11 Å². The molecule has 2 N–H and O–H groups in total. The molecule has 0 aromatic heterocycles. The van der Waals surface area contributed by atoms with Gasteiger partial charge in [0.05, 0.1) is 5.41 Å².